The van der Waals surface area contributed by atoms with E-state index in [0.717, 1.165) is 37.2 Å². The Kier molecular flexibility index (Phi) is 6.02. The van der Waals surface area contributed by atoms with E-state index < -0.39 is 0 Å². The molecule has 0 radical (unpaired) electrons. The molecular weight excluding hydrogens is 252 g/mol. The molecule has 110 valence electrons. The fraction of sp³-hybridized carbons (Fsp3) is 0.562. The molecule has 1 fully saturated rings. The molecule has 4 nitrogen and oxygen atoms in total. The zero-order valence-corrected chi connectivity index (χ0v) is 12.2. The van der Waals surface area contributed by atoms with Gasteiger partial charge in [0.25, 0.3) is 0 Å². The lowest BCUT2D eigenvalue weighted by Gasteiger charge is -2.22. The fourth-order valence-electron chi connectivity index (χ4n) is 2.63. The van der Waals surface area contributed by atoms with Crippen LogP contribution in [0.25, 0.3) is 0 Å². The number of hydrogen-bond donors (Lipinski definition) is 2. The van der Waals surface area contributed by atoms with Crippen LogP contribution in [0.15, 0.2) is 24.3 Å². The topological polar surface area (TPSA) is 50.4 Å². The van der Waals surface area contributed by atoms with Gasteiger partial charge in [-0.25, -0.2) is 0 Å². The maximum Gasteiger partial charge on any atom is 0.224 e. The number of nitrogens with one attached hydrogen (secondary N) is 2. The van der Waals surface area contributed by atoms with Gasteiger partial charge in [-0.1, -0.05) is 18.2 Å². The smallest absolute Gasteiger partial charge is 0.224 e. The van der Waals surface area contributed by atoms with Crippen LogP contribution in [0.1, 0.15) is 24.8 Å². The van der Waals surface area contributed by atoms with E-state index in [1.165, 1.54) is 6.42 Å². The van der Waals surface area contributed by atoms with Crippen molar-refractivity contribution in [2.75, 3.05) is 32.1 Å². The van der Waals surface area contributed by atoms with Crippen LogP contribution in [0.3, 0.4) is 0 Å². The third-order valence-corrected chi connectivity index (χ3v) is 3.74. The lowest BCUT2D eigenvalue weighted by molar-refractivity contribution is -0.117. The van der Waals surface area contributed by atoms with E-state index in [1.807, 2.05) is 24.3 Å². The molecular formula is C16H24N2O2. The molecule has 1 unspecified atom stereocenters. The van der Waals surface area contributed by atoms with E-state index >= 15 is 0 Å². The molecule has 1 aromatic rings. The molecule has 1 aromatic carbocycles. The Balaban J connectivity index is 1.89. The molecule has 0 spiro atoms. The van der Waals surface area contributed by atoms with Gasteiger partial charge in [0.2, 0.25) is 5.91 Å². The van der Waals surface area contributed by atoms with Crippen molar-refractivity contribution < 1.29 is 9.53 Å². The van der Waals surface area contributed by atoms with E-state index in [2.05, 4.69) is 10.6 Å². The van der Waals surface area contributed by atoms with Gasteiger partial charge < -0.3 is 15.4 Å². The van der Waals surface area contributed by atoms with E-state index in [0.29, 0.717) is 18.9 Å². The van der Waals surface area contributed by atoms with E-state index in [9.17, 15) is 4.79 Å². The second-order valence-electron chi connectivity index (χ2n) is 5.36. The normalized spacial score (nSPS) is 18.8. The Morgan fingerprint density at radius 1 is 1.45 bits per heavy atom. The summed E-state index contributed by atoms with van der Waals surface area (Å²) in [6.07, 6.45) is 3.73. The van der Waals surface area contributed by atoms with Crippen LogP contribution in [0.4, 0.5) is 5.69 Å². The van der Waals surface area contributed by atoms with Gasteiger partial charge in [0, 0.05) is 19.2 Å². The molecule has 20 heavy (non-hydrogen) atoms. The van der Waals surface area contributed by atoms with Gasteiger partial charge in [-0.15, -0.1) is 0 Å². The summed E-state index contributed by atoms with van der Waals surface area (Å²) in [5, 5.41) is 6.39. The van der Waals surface area contributed by atoms with Crippen molar-refractivity contribution in [1.82, 2.24) is 5.32 Å². The second kappa shape index (κ2) is 8.02. The number of hydrogen-bond acceptors (Lipinski definition) is 3. The van der Waals surface area contributed by atoms with Crippen molar-refractivity contribution in [2.24, 2.45) is 5.92 Å². The van der Waals surface area contributed by atoms with Gasteiger partial charge in [0.15, 0.2) is 0 Å². The predicted octanol–water partition coefficient (Wildman–Crippen LogP) is 2.20. The lowest BCUT2D eigenvalue weighted by atomic mass is 9.96. The third-order valence-electron chi connectivity index (χ3n) is 3.74. The number of ether oxygens (including phenoxy) is 1. The molecule has 0 saturated carbocycles. The molecule has 4 heteroatoms. The van der Waals surface area contributed by atoms with Crippen LogP contribution in [-0.4, -0.2) is 32.7 Å². The van der Waals surface area contributed by atoms with Crippen molar-refractivity contribution in [3.05, 3.63) is 29.8 Å². The minimum atomic E-state index is 0.114. The molecule has 1 aliphatic heterocycles. The molecule has 1 saturated heterocycles. The van der Waals surface area contributed by atoms with Crippen LogP contribution < -0.4 is 10.6 Å². The summed E-state index contributed by atoms with van der Waals surface area (Å²) in [4.78, 5) is 12.1. The van der Waals surface area contributed by atoms with Gasteiger partial charge in [-0.2, -0.15) is 0 Å². The summed E-state index contributed by atoms with van der Waals surface area (Å²) in [6.45, 7) is 2.70. The van der Waals surface area contributed by atoms with Crippen LogP contribution in [0.5, 0.6) is 0 Å². The minimum absolute atomic E-state index is 0.114. The summed E-state index contributed by atoms with van der Waals surface area (Å²) in [5.74, 6) is 0.582. The van der Waals surface area contributed by atoms with Crippen molar-refractivity contribution in [1.29, 1.82) is 0 Å². The van der Waals surface area contributed by atoms with Crippen molar-refractivity contribution in [3.8, 4) is 0 Å². The van der Waals surface area contributed by atoms with Crippen LogP contribution in [-0.2, 0) is 16.0 Å². The summed E-state index contributed by atoms with van der Waals surface area (Å²) >= 11 is 0. The van der Waals surface area contributed by atoms with E-state index in [1.54, 1.807) is 7.11 Å². The summed E-state index contributed by atoms with van der Waals surface area (Å²) in [5.41, 5.74) is 2.04. The summed E-state index contributed by atoms with van der Waals surface area (Å²) < 4.78 is 5.11. The SMILES string of the molecule is COCCc1ccccc1NC(=O)CC1CCCNC1. The van der Waals surface area contributed by atoms with Gasteiger partial charge in [-0.05, 0) is 49.9 Å². The number of carbonyl (C=O) groups is 1. The Morgan fingerprint density at radius 2 is 2.30 bits per heavy atom. The number of methoxy groups -OCH3 is 1. The molecule has 0 aromatic heterocycles. The Bertz CT molecular complexity index is 428. The van der Waals surface area contributed by atoms with Gasteiger partial charge in [0.1, 0.15) is 0 Å². The molecule has 2 rings (SSSR count). The fourth-order valence-corrected chi connectivity index (χ4v) is 2.63. The largest absolute Gasteiger partial charge is 0.384 e. The summed E-state index contributed by atoms with van der Waals surface area (Å²) in [6, 6.07) is 7.94. The molecule has 2 N–H and O–H groups in total. The average Bonchev–Trinajstić information content (AvgIpc) is 2.47. The highest BCUT2D eigenvalue weighted by Crippen LogP contribution is 2.18. The first-order chi connectivity index (χ1) is 9.79. The number of amides is 1. The number of carbonyl (C=O) groups excluding carboxylic acids is 1. The van der Waals surface area contributed by atoms with Gasteiger partial charge in [0.05, 0.1) is 6.61 Å². The monoisotopic (exact) mass is 276 g/mol. The third kappa shape index (κ3) is 4.62. The van der Waals surface area contributed by atoms with Crippen LogP contribution >= 0.6 is 0 Å². The first kappa shape index (κ1) is 15.0. The number of rotatable bonds is 6. The highest BCUT2D eigenvalue weighted by atomic mass is 16.5. The first-order valence-corrected chi connectivity index (χ1v) is 7.37. The first-order valence-electron chi connectivity index (χ1n) is 7.37. The maximum absolute atomic E-state index is 12.1. The van der Waals surface area contributed by atoms with Crippen molar-refractivity contribution >= 4 is 11.6 Å². The average molecular weight is 276 g/mol. The maximum atomic E-state index is 12.1. The van der Waals surface area contributed by atoms with E-state index in [-0.39, 0.29) is 5.91 Å². The zero-order valence-electron chi connectivity index (χ0n) is 12.2. The Labute approximate surface area is 120 Å². The van der Waals surface area contributed by atoms with Crippen LogP contribution in [0, 0.1) is 5.92 Å². The second-order valence-corrected chi connectivity index (χ2v) is 5.36. The molecule has 1 heterocycles. The van der Waals surface area contributed by atoms with Crippen molar-refractivity contribution in [2.45, 2.75) is 25.7 Å². The number of para-hydroxylation sites is 1. The number of benzene rings is 1. The standard InChI is InChI=1S/C16H24N2O2/c1-20-10-8-14-6-2-3-7-15(14)18-16(19)11-13-5-4-9-17-12-13/h2-3,6-7,13,17H,4-5,8-12H2,1H3,(H,18,19). The zero-order chi connectivity index (χ0) is 14.2. The minimum Gasteiger partial charge on any atom is -0.384 e. The predicted molar refractivity (Wildman–Crippen MR) is 80.9 cm³/mol. The summed E-state index contributed by atoms with van der Waals surface area (Å²) in [7, 11) is 1.69. The quantitative estimate of drug-likeness (QED) is 0.837. The highest BCUT2D eigenvalue weighted by molar-refractivity contribution is 5.91. The van der Waals surface area contributed by atoms with Crippen molar-refractivity contribution in [3.63, 3.8) is 0 Å². The van der Waals surface area contributed by atoms with Gasteiger partial charge >= 0.3 is 0 Å². The molecule has 1 atom stereocenters. The Hall–Kier alpha value is -1.39. The van der Waals surface area contributed by atoms with Crippen LogP contribution in [0.2, 0.25) is 0 Å². The molecule has 1 amide bonds. The highest BCUT2D eigenvalue weighted by Gasteiger charge is 2.17. The molecule has 0 aliphatic carbocycles. The number of anilines is 1. The Morgan fingerprint density at radius 3 is 3.05 bits per heavy atom. The number of piperidine rings is 1. The molecule has 0 bridgehead atoms. The van der Waals surface area contributed by atoms with Gasteiger partial charge in [-0.3, -0.25) is 4.79 Å². The van der Waals surface area contributed by atoms with E-state index in [4.69, 9.17) is 4.74 Å². The molecule has 1 aliphatic rings. The lowest BCUT2D eigenvalue weighted by Crippen LogP contribution is -2.32.